The van der Waals surface area contributed by atoms with Crippen molar-refractivity contribution in [3.8, 4) is 11.3 Å². The van der Waals surface area contributed by atoms with Crippen LogP contribution in [0.3, 0.4) is 0 Å². The summed E-state index contributed by atoms with van der Waals surface area (Å²) in [6.07, 6.45) is 1.68. The van der Waals surface area contributed by atoms with Crippen molar-refractivity contribution in [3.63, 3.8) is 0 Å². The van der Waals surface area contributed by atoms with Gasteiger partial charge in [-0.15, -0.1) is 0 Å². The van der Waals surface area contributed by atoms with Crippen molar-refractivity contribution in [1.82, 2.24) is 10.1 Å². The fourth-order valence-electron chi connectivity index (χ4n) is 3.84. The predicted octanol–water partition coefficient (Wildman–Crippen LogP) is 5.88. The van der Waals surface area contributed by atoms with Gasteiger partial charge in [0.25, 0.3) is 5.91 Å². The van der Waals surface area contributed by atoms with Gasteiger partial charge in [0.05, 0.1) is 27.9 Å². The number of fused-ring (bicyclic) bond motifs is 1. The van der Waals surface area contributed by atoms with Crippen molar-refractivity contribution in [1.29, 1.82) is 0 Å². The van der Waals surface area contributed by atoms with Gasteiger partial charge in [-0.2, -0.15) is 0 Å². The van der Waals surface area contributed by atoms with Crippen LogP contribution in [0.15, 0.2) is 47.0 Å². The Hall–Kier alpha value is -2.81. The molecule has 1 atom stereocenters. The molecule has 0 radical (unpaired) electrons. The lowest BCUT2D eigenvalue weighted by Crippen LogP contribution is -2.37. The number of thiazole rings is 1. The Morgan fingerprint density at radius 3 is 2.94 bits per heavy atom. The van der Waals surface area contributed by atoms with Gasteiger partial charge in [-0.05, 0) is 44.0 Å². The van der Waals surface area contributed by atoms with E-state index in [4.69, 9.17) is 20.9 Å². The molecule has 0 aliphatic carbocycles. The van der Waals surface area contributed by atoms with Gasteiger partial charge in [0.1, 0.15) is 22.8 Å². The van der Waals surface area contributed by atoms with Gasteiger partial charge in [0.2, 0.25) is 0 Å². The molecule has 1 aliphatic rings. The van der Waals surface area contributed by atoms with E-state index >= 15 is 0 Å². The Kier molecular flexibility index (Phi) is 5.67. The number of hydrogen-bond acceptors (Lipinski definition) is 6. The highest BCUT2D eigenvalue weighted by atomic mass is 35.5. The van der Waals surface area contributed by atoms with Crippen LogP contribution in [0.4, 0.5) is 9.52 Å². The zero-order valence-electron chi connectivity index (χ0n) is 17.2. The maximum absolute atomic E-state index is 13.9. The second kappa shape index (κ2) is 8.61. The molecule has 2 aromatic carbocycles. The predicted molar refractivity (Wildman–Crippen MR) is 122 cm³/mol. The minimum Gasteiger partial charge on any atom is -0.376 e. The number of carbonyl (C=O) groups is 1. The van der Waals surface area contributed by atoms with Gasteiger partial charge in [0.15, 0.2) is 5.13 Å². The maximum Gasteiger partial charge on any atom is 0.266 e. The Balaban J connectivity index is 1.59. The third-order valence-corrected chi connectivity index (χ3v) is 6.80. The molecule has 164 valence electrons. The smallest absolute Gasteiger partial charge is 0.266 e. The summed E-state index contributed by atoms with van der Waals surface area (Å²) in [5.74, 6) is -0.274. The first kappa shape index (κ1) is 21.1. The lowest BCUT2D eigenvalue weighted by molar-refractivity contribution is 0.0916. The minimum absolute atomic E-state index is 0.105. The molecule has 5 rings (SSSR count). The van der Waals surface area contributed by atoms with E-state index < -0.39 is 0 Å². The molecule has 0 spiro atoms. The van der Waals surface area contributed by atoms with Crippen molar-refractivity contribution in [2.24, 2.45) is 0 Å². The molecule has 3 heterocycles. The summed E-state index contributed by atoms with van der Waals surface area (Å²) in [7, 11) is 0. The van der Waals surface area contributed by atoms with Crippen molar-refractivity contribution in [2.45, 2.75) is 25.9 Å². The van der Waals surface area contributed by atoms with Crippen molar-refractivity contribution >= 4 is 44.2 Å². The van der Waals surface area contributed by atoms with E-state index in [0.29, 0.717) is 56.1 Å². The average molecular weight is 472 g/mol. The van der Waals surface area contributed by atoms with Crippen LogP contribution in [0.5, 0.6) is 0 Å². The third kappa shape index (κ3) is 3.90. The molecule has 0 bridgehead atoms. The zero-order chi connectivity index (χ0) is 22.2. The summed E-state index contributed by atoms with van der Waals surface area (Å²) in [5, 5.41) is 5.06. The Morgan fingerprint density at radius 1 is 1.31 bits per heavy atom. The van der Waals surface area contributed by atoms with Crippen LogP contribution >= 0.6 is 22.9 Å². The number of nitrogens with zero attached hydrogens (tertiary/aromatic N) is 3. The number of ether oxygens (including phenoxy) is 1. The summed E-state index contributed by atoms with van der Waals surface area (Å²) in [6.45, 7) is 2.68. The second-order valence-electron chi connectivity index (χ2n) is 7.60. The maximum atomic E-state index is 13.9. The first-order valence-electron chi connectivity index (χ1n) is 10.2. The van der Waals surface area contributed by atoms with Crippen LogP contribution in [-0.2, 0) is 4.74 Å². The highest BCUT2D eigenvalue weighted by molar-refractivity contribution is 7.22. The van der Waals surface area contributed by atoms with E-state index in [9.17, 15) is 9.18 Å². The minimum atomic E-state index is -0.347. The van der Waals surface area contributed by atoms with Gasteiger partial charge in [-0.3, -0.25) is 9.69 Å². The topological polar surface area (TPSA) is 68.5 Å². The van der Waals surface area contributed by atoms with E-state index in [1.165, 1.54) is 23.5 Å². The van der Waals surface area contributed by atoms with Gasteiger partial charge < -0.3 is 9.26 Å². The monoisotopic (exact) mass is 471 g/mol. The number of aromatic nitrogens is 2. The SMILES string of the molecule is Cc1onc(-c2ccccc2Cl)c1C(=O)N(CC1CCCO1)c1nc2ccc(F)cc2s1. The normalized spacial score (nSPS) is 16.0. The highest BCUT2D eigenvalue weighted by Crippen LogP contribution is 2.35. The van der Waals surface area contributed by atoms with Gasteiger partial charge in [-0.25, -0.2) is 9.37 Å². The molecule has 32 heavy (non-hydrogen) atoms. The van der Waals surface area contributed by atoms with Gasteiger partial charge in [-0.1, -0.05) is 46.3 Å². The van der Waals surface area contributed by atoms with Crippen LogP contribution in [0, 0.1) is 12.7 Å². The third-order valence-electron chi connectivity index (χ3n) is 5.43. The Morgan fingerprint density at radius 2 is 2.16 bits per heavy atom. The summed E-state index contributed by atoms with van der Waals surface area (Å²) < 4.78 is 25.6. The number of benzene rings is 2. The average Bonchev–Trinajstić information content (AvgIpc) is 3.51. The number of halogens is 2. The van der Waals surface area contributed by atoms with Crippen molar-refractivity contribution in [2.75, 3.05) is 18.1 Å². The first-order chi connectivity index (χ1) is 15.5. The Bertz CT molecular complexity index is 1300. The number of anilines is 1. The molecule has 0 saturated carbocycles. The molecule has 9 heteroatoms. The lowest BCUT2D eigenvalue weighted by atomic mass is 10.0. The molecule has 1 saturated heterocycles. The number of amides is 1. The molecular weight excluding hydrogens is 453 g/mol. The summed E-state index contributed by atoms with van der Waals surface area (Å²) in [4.78, 5) is 20.1. The number of carbonyl (C=O) groups excluding carboxylic acids is 1. The van der Waals surface area contributed by atoms with E-state index in [0.717, 1.165) is 12.8 Å². The van der Waals surface area contributed by atoms with Crippen LogP contribution in [-0.4, -0.2) is 35.3 Å². The summed E-state index contributed by atoms with van der Waals surface area (Å²) in [6, 6.07) is 11.6. The quantitative estimate of drug-likeness (QED) is 0.363. The molecule has 2 aromatic heterocycles. The molecule has 1 amide bonds. The second-order valence-corrected chi connectivity index (χ2v) is 9.02. The summed E-state index contributed by atoms with van der Waals surface area (Å²) >= 11 is 7.64. The number of rotatable bonds is 5. The van der Waals surface area contributed by atoms with Gasteiger partial charge >= 0.3 is 0 Å². The molecule has 4 aromatic rings. The number of aryl methyl sites for hydroxylation is 1. The van der Waals surface area contributed by atoms with Gasteiger partial charge in [0, 0.05) is 12.2 Å². The lowest BCUT2D eigenvalue weighted by Gasteiger charge is -2.23. The van der Waals surface area contributed by atoms with E-state index in [2.05, 4.69) is 10.1 Å². The Labute approximate surface area is 192 Å². The van der Waals surface area contributed by atoms with E-state index in [1.807, 2.05) is 12.1 Å². The largest absolute Gasteiger partial charge is 0.376 e. The highest BCUT2D eigenvalue weighted by Gasteiger charge is 2.32. The molecule has 1 unspecified atom stereocenters. The van der Waals surface area contributed by atoms with E-state index in [1.54, 1.807) is 30.0 Å². The van der Waals surface area contributed by atoms with Crippen LogP contribution < -0.4 is 4.90 Å². The fraction of sp³-hybridized carbons (Fsp3) is 0.261. The molecule has 1 fully saturated rings. The van der Waals surface area contributed by atoms with Crippen LogP contribution in [0.25, 0.3) is 21.5 Å². The first-order valence-corrected chi connectivity index (χ1v) is 11.4. The van der Waals surface area contributed by atoms with Crippen molar-refractivity contribution in [3.05, 3.63) is 64.6 Å². The van der Waals surface area contributed by atoms with Crippen LogP contribution in [0.1, 0.15) is 29.0 Å². The molecule has 0 N–H and O–H groups in total. The van der Waals surface area contributed by atoms with Crippen LogP contribution in [0.2, 0.25) is 5.02 Å². The van der Waals surface area contributed by atoms with Crippen molar-refractivity contribution < 1.29 is 18.4 Å². The number of hydrogen-bond donors (Lipinski definition) is 0. The molecule has 6 nitrogen and oxygen atoms in total. The zero-order valence-corrected chi connectivity index (χ0v) is 18.8. The fourth-order valence-corrected chi connectivity index (χ4v) is 5.06. The van der Waals surface area contributed by atoms with E-state index in [-0.39, 0.29) is 17.8 Å². The standard InChI is InChI=1S/C23H19ClFN3O3S/c1-13-20(21(27-31-13)16-6-2-3-7-17(16)24)22(29)28(12-15-5-4-10-30-15)23-26-18-9-8-14(25)11-19(18)32-23/h2-3,6-9,11,15H,4-5,10,12H2,1H3. The molecule has 1 aliphatic heterocycles. The summed E-state index contributed by atoms with van der Waals surface area (Å²) in [5.41, 5.74) is 1.94. The molecular formula is C23H19ClFN3O3S.